The Morgan fingerprint density at radius 3 is 2.62 bits per heavy atom. The summed E-state index contributed by atoms with van der Waals surface area (Å²) in [4.78, 5) is 14.8. The second-order valence-electron chi connectivity index (χ2n) is 5.96. The molecular weight excluding hydrogens is 284 g/mol. The van der Waals surface area contributed by atoms with Crippen LogP contribution in [-0.2, 0) is 11.3 Å². The van der Waals surface area contributed by atoms with Crippen molar-refractivity contribution in [3.63, 3.8) is 0 Å². The Balaban J connectivity index is 0.00000220. The van der Waals surface area contributed by atoms with Gasteiger partial charge in [0.2, 0.25) is 5.91 Å². The Bertz CT molecular complexity index is 470. The van der Waals surface area contributed by atoms with Gasteiger partial charge in [-0.15, -0.1) is 12.4 Å². The first-order chi connectivity index (χ1) is 9.57. The average Bonchev–Trinajstić information content (AvgIpc) is 2.46. The Hall–Kier alpha value is -1.06. The predicted octanol–water partition coefficient (Wildman–Crippen LogP) is 3.30. The minimum atomic E-state index is -0.378. The molecule has 4 heteroatoms. The number of carbonyl (C=O) groups is 1. The lowest BCUT2D eigenvalue weighted by Gasteiger charge is -2.38. The highest BCUT2D eigenvalue weighted by atomic mass is 35.5. The Morgan fingerprint density at radius 1 is 1.33 bits per heavy atom. The average molecular weight is 311 g/mol. The molecule has 0 aliphatic carbocycles. The van der Waals surface area contributed by atoms with E-state index in [0.717, 1.165) is 25.9 Å². The lowest BCUT2D eigenvalue weighted by atomic mass is 9.89. The van der Waals surface area contributed by atoms with Crippen LogP contribution in [0.15, 0.2) is 24.3 Å². The summed E-state index contributed by atoms with van der Waals surface area (Å²) in [7, 11) is 0. The number of carbonyl (C=O) groups excluding carboxylic acids is 1. The van der Waals surface area contributed by atoms with Crippen molar-refractivity contribution in [1.29, 1.82) is 0 Å². The van der Waals surface area contributed by atoms with Crippen molar-refractivity contribution >= 4 is 18.3 Å². The molecule has 21 heavy (non-hydrogen) atoms. The number of nitrogens with one attached hydrogen (secondary N) is 1. The SMILES string of the molecule is CCN(Cc1ccccc1C)C(=O)C1(C)CCCCN1.Cl. The summed E-state index contributed by atoms with van der Waals surface area (Å²) in [5, 5.41) is 3.42. The molecule has 118 valence electrons. The number of hydrogen-bond acceptors (Lipinski definition) is 2. The maximum Gasteiger partial charge on any atom is 0.242 e. The van der Waals surface area contributed by atoms with E-state index in [4.69, 9.17) is 0 Å². The first-order valence-corrected chi connectivity index (χ1v) is 7.66. The molecule has 1 aliphatic heterocycles. The first kappa shape index (κ1) is 18.0. The van der Waals surface area contributed by atoms with Gasteiger partial charge in [0, 0.05) is 13.1 Å². The van der Waals surface area contributed by atoms with Gasteiger partial charge in [0.25, 0.3) is 0 Å². The largest absolute Gasteiger partial charge is 0.337 e. The molecule has 1 fully saturated rings. The van der Waals surface area contributed by atoms with Crippen molar-refractivity contribution in [1.82, 2.24) is 10.2 Å². The summed E-state index contributed by atoms with van der Waals surface area (Å²) < 4.78 is 0. The zero-order valence-electron chi connectivity index (χ0n) is 13.3. The Morgan fingerprint density at radius 2 is 2.05 bits per heavy atom. The van der Waals surface area contributed by atoms with Gasteiger partial charge in [-0.25, -0.2) is 0 Å². The van der Waals surface area contributed by atoms with E-state index >= 15 is 0 Å². The van der Waals surface area contributed by atoms with Crippen LogP contribution in [-0.4, -0.2) is 29.4 Å². The fourth-order valence-corrected chi connectivity index (χ4v) is 2.91. The van der Waals surface area contributed by atoms with E-state index in [0.29, 0.717) is 6.54 Å². The molecule has 0 saturated carbocycles. The van der Waals surface area contributed by atoms with Crippen LogP contribution >= 0.6 is 12.4 Å². The monoisotopic (exact) mass is 310 g/mol. The minimum absolute atomic E-state index is 0. The van der Waals surface area contributed by atoms with Gasteiger partial charge in [0.05, 0.1) is 5.54 Å². The quantitative estimate of drug-likeness (QED) is 0.925. The third-order valence-corrected chi connectivity index (χ3v) is 4.38. The van der Waals surface area contributed by atoms with Gasteiger partial charge in [0.1, 0.15) is 0 Å². The molecule has 0 aromatic heterocycles. The predicted molar refractivity (Wildman–Crippen MR) is 89.8 cm³/mol. The molecule has 1 aromatic rings. The zero-order valence-corrected chi connectivity index (χ0v) is 14.1. The lowest BCUT2D eigenvalue weighted by Crippen LogP contribution is -2.57. The number of halogens is 1. The van der Waals surface area contributed by atoms with Gasteiger partial charge in [0.15, 0.2) is 0 Å². The van der Waals surface area contributed by atoms with Gasteiger partial charge >= 0.3 is 0 Å². The number of hydrogen-bond donors (Lipinski definition) is 1. The number of piperidine rings is 1. The molecule has 0 radical (unpaired) electrons. The summed E-state index contributed by atoms with van der Waals surface area (Å²) in [6, 6.07) is 8.30. The molecule has 3 nitrogen and oxygen atoms in total. The van der Waals surface area contributed by atoms with E-state index in [1.807, 2.05) is 17.0 Å². The van der Waals surface area contributed by atoms with E-state index in [-0.39, 0.29) is 23.9 Å². The molecular formula is C17H27ClN2O. The van der Waals surface area contributed by atoms with Crippen molar-refractivity contribution < 1.29 is 4.79 Å². The molecule has 1 unspecified atom stereocenters. The van der Waals surface area contributed by atoms with E-state index in [1.165, 1.54) is 17.5 Å². The number of amides is 1. The van der Waals surface area contributed by atoms with Gasteiger partial charge in [-0.05, 0) is 57.7 Å². The topological polar surface area (TPSA) is 32.3 Å². The van der Waals surface area contributed by atoms with Crippen molar-refractivity contribution in [2.24, 2.45) is 0 Å². The first-order valence-electron chi connectivity index (χ1n) is 7.66. The standard InChI is InChI=1S/C17H26N2O.ClH/c1-4-19(13-15-10-6-5-9-14(15)2)16(20)17(3)11-7-8-12-18-17;/h5-6,9-10,18H,4,7-8,11-13H2,1-3H3;1H. The molecule has 0 bridgehead atoms. The van der Waals surface area contributed by atoms with Gasteiger partial charge in [-0.3, -0.25) is 4.79 Å². The maximum atomic E-state index is 12.8. The molecule has 1 heterocycles. The van der Waals surface area contributed by atoms with Crippen LogP contribution in [0, 0.1) is 6.92 Å². The molecule has 1 aliphatic rings. The smallest absolute Gasteiger partial charge is 0.242 e. The maximum absolute atomic E-state index is 12.8. The zero-order chi connectivity index (χ0) is 14.6. The van der Waals surface area contributed by atoms with Crippen LogP contribution in [0.25, 0.3) is 0 Å². The van der Waals surface area contributed by atoms with Gasteiger partial charge in [-0.1, -0.05) is 24.3 Å². The van der Waals surface area contributed by atoms with Crippen molar-refractivity contribution in [3.05, 3.63) is 35.4 Å². The van der Waals surface area contributed by atoms with Gasteiger partial charge < -0.3 is 10.2 Å². The second kappa shape index (κ2) is 7.81. The van der Waals surface area contributed by atoms with Crippen LogP contribution in [0.3, 0.4) is 0 Å². The molecule has 0 spiro atoms. The summed E-state index contributed by atoms with van der Waals surface area (Å²) in [5.41, 5.74) is 2.11. The molecule has 2 rings (SSSR count). The number of benzene rings is 1. The third-order valence-electron chi connectivity index (χ3n) is 4.38. The van der Waals surface area contributed by atoms with E-state index in [2.05, 4.69) is 38.2 Å². The normalized spacial score (nSPS) is 21.5. The summed E-state index contributed by atoms with van der Waals surface area (Å²) in [6.45, 7) is 8.62. The highest BCUT2D eigenvalue weighted by molar-refractivity contribution is 5.86. The summed E-state index contributed by atoms with van der Waals surface area (Å²) in [5.74, 6) is 0.239. The number of rotatable bonds is 4. The van der Waals surface area contributed by atoms with Crippen molar-refractivity contribution in [2.75, 3.05) is 13.1 Å². The Labute approximate surface area is 134 Å². The van der Waals surface area contributed by atoms with Crippen LogP contribution in [0.5, 0.6) is 0 Å². The number of nitrogens with zero attached hydrogens (tertiary/aromatic N) is 1. The van der Waals surface area contributed by atoms with Crippen molar-refractivity contribution in [3.8, 4) is 0 Å². The Kier molecular flexibility index (Phi) is 6.69. The molecule has 1 saturated heterocycles. The van der Waals surface area contributed by atoms with E-state index in [9.17, 15) is 4.79 Å². The van der Waals surface area contributed by atoms with Gasteiger partial charge in [-0.2, -0.15) is 0 Å². The van der Waals surface area contributed by atoms with Crippen LogP contribution in [0.1, 0.15) is 44.2 Å². The molecule has 1 N–H and O–H groups in total. The summed E-state index contributed by atoms with van der Waals surface area (Å²) in [6.07, 6.45) is 3.25. The molecule has 1 atom stereocenters. The second-order valence-corrected chi connectivity index (χ2v) is 5.96. The van der Waals surface area contributed by atoms with E-state index < -0.39 is 0 Å². The van der Waals surface area contributed by atoms with E-state index in [1.54, 1.807) is 0 Å². The highest BCUT2D eigenvalue weighted by Crippen LogP contribution is 2.22. The van der Waals surface area contributed by atoms with Crippen LogP contribution < -0.4 is 5.32 Å². The lowest BCUT2D eigenvalue weighted by molar-refractivity contribution is -0.139. The minimum Gasteiger partial charge on any atom is -0.337 e. The van der Waals surface area contributed by atoms with Crippen molar-refractivity contribution in [2.45, 2.75) is 52.1 Å². The fourth-order valence-electron chi connectivity index (χ4n) is 2.91. The summed E-state index contributed by atoms with van der Waals surface area (Å²) >= 11 is 0. The number of likely N-dealkylation sites (N-methyl/N-ethyl adjacent to an activating group) is 1. The molecule has 1 amide bonds. The highest BCUT2D eigenvalue weighted by Gasteiger charge is 2.36. The third kappa shape index (κ3) is 4.21. The number of aryl methyl sites for hydroxylation is 1. The van der Waals surface area contributed by atoms with Crippen LogP contribution in [0.2, 0.25) is 0 Å². The molecule has 1 aromatic carbocycles. The fraction of sp³-hybridized carbons (Fsp3) is 0.588. The van der Waals surface area contributed by atoms with Crippen LogP contribution in [0.4, 0.5) is 0 Å².